The molecule has 1 heterocycles. The number of amides is 1. The number of hydrogen-bond donors (Lipinski definition) is 2. The average Bonchev–Trinajstić information content (AvgIpc) is 2.91. The van der Waals surface area contributed by atoms with Crippen molar-refractivity contribution in [2.75, 3.05) is 18.9 Å². The predicted octanol–water partition coefficient (Wildman–Crippen LogP) is 2.04. The van der Waals surface area contributed by atoms with Crippen LogP contribution in [0.5, 0.6) is 0 Å². The third-order valence-corrected chi connectivity index (χ3v) is 4.20. The van der Waals surface area contributed by atoms with Crippen molar-refractivity contribution in [1.82, 2.24) is 5.32 Å². The van der Waals surface area contributed by atoms with E-state index >= 15 is 0 Å². The molecule has 1 fully saturated rings. The van der Waals surface area contributed by atoms with Gasteiger partial charge < -0.3 is 15.8 Å². The molecule has 2 atom stereocenters. The van der Waals surface area contributed by atoms with Crippen molar-refractivity contribution < 1.29 is 9.53 Å². The topological polar surface area (TPSA) is 64.4 Å². The molecular formula is C14H20N2O2S. The third kappa shape index (κ3) is 4.44. The fraction of sp³-hybridized carbons (Fsp3) is 0.500. The highest BCUT2D eigenvalue weighted by atomic mass is 32.2. The number of nitrogens with one attached hydrogen (secondary N) is 1. The second-order valence-corrected chi connectivity index (χ2v) is 6.12. The summed E-state index contributed by atoms with van der Waals surface area (Å²) >= 11 is 1.53. The molecule has 0 aromatic heterocycles. The molecule has 1 aromatic rings. The minimum Gasteiger partial charge on any atom is -0.399 e. The number of nitrogen functional groups attached to an aromatic ring is 1. The summed E-state index contributed by atoms with van der Waals surface area (Å²) in [5, 5.41) is 2.83. The zero-order chi connectivity index (χ0) is 13.7. The second kappa shape index (κ2) is 6.82. The number of ether oxygens (including phenoxy) is 1. The monoisotopic (exact) mass is 280 g/mol. The Hall–Kier alpha value is -1.20. The molecule has 2 unspecified atom stereocenters. The molecular weight excluding hydrogens is 260 g/mol. The Balaban J connectivity index is 1.76. The van der Waals surface area contributed by atoms with Crippen LogP contribution in [0.15, 0.2) is 29.2 Å². The maximum absolute atomic E-state index is 12.0. The zero-order valence-corrected chi connectivity index (χ0v) is 11.9. The first-order valence-corrected chi connectivity index (χ1v) is 7.44. The molecule has 1 aliphatic heterocycles. The molecule has 0 radical (unpaired) electrons. The standard InChI is InChI=1S/C14H20N2O2S/c1-10(19-13-6-4-11(15)5-7-13)14(17)16-9-12-3-2-8-18-12/h4-7,10,12H,2-3,8-9,15H2,1H3,(H,16,17). The van der Waals surface area contributed by atoms with E-state index in [0.717, 1.165) is 30.0 Å². The van der Waals surface area contributed by atoms with Crippen molar-refractivity contribution in [2.45, 2.75) is 36.0 Å². The minimum atomic E-state index is -0.120. The van der Waals surface area contributed by atoms with Crippen LogP contribution in [-0.2, 0) is 9.53 Å². The molecule has 0 saturated carbocycles. The lowest BCUT2D eigenvalue weighted by atomic mass is 10.2. The van der Waals surface area contributed by atoms with Gasteiger partial charge in [-0.05, 0) is 44.0 Å². The number of thioether (sulfide) groups is 1. The van der Waals surface area contributed by atoms with Gasteiger partial charge in [-0.2, -0.15) is 0 Å². The molecule has 104 valence electrons. The quantitative estimate of drug-likeness (QED) is 0.640. The van der Waals surface area contributed by atoms with Gasteiger partial charge in [0.1, 0.15) is 0 Å². The molecule has 0 bridgehead atoms. The predicted molar refractivity (Wildman–Crippen MR) is 78.2 cm³/mol. The minimum absolute atomic E-state index is 0.0531. The van der Waals surface area contributed by atoms with Crippen molar-refractivity contribution in [3.05, 3.63) is 24.3 Å². The van der Waals surface area contributed by atoms with Gasteiger partial charge >= 0.3 is 0 Å². The van der Waals surface area contributed by atoms with Gasteiger partial charge in [0.15, 0.2) is 0 Å². The van der Waals surface area contributed by atoms with Crippen molar-refractivity contribution >= 4 is 23.4 Å². The Bertz CT molecular complexity index is 416. The van der Waals surface area contributed by atoms with Gasteiger partial charge in [-0.1, -0.05) is 0 Å². The maximum Gasteiger partial charge on any atom is 0.233 e. The number of rotatable bonds is 5. The SMILES string of the molecule is CC(Sc1ccc(N)cc1)C(=O)NCC1CCCO1. The Morgan fingerprint density at radius 3 is 2.89 bits per heavy atom. The normalized spacial score (nSPS) is 20.2. The van der Waals surface area contributed by atoms with E-state index in [0.29, 0.717) is 6.54 Å². The van der Waals surface area contributed by atoms with Gasteiger partial charge in [-0.15, -0.1) is 11.8 Å². The number of hydrogen-bond acceptors (Lipinski definition) is 4. The maximum atomic E-state index is 12.0. The molecule has 1 saturated heterocycles. The summed E-state index contributed by atoms with van der Waals surface area (Å²) in [4.78, 5) is 13.0. The van der Waals surface area contributed by atoms with Crippen LogP contribution in [0.4, 0.5) is 5.69 Å². The highest BCUT2D eigenvalue weighted by Crippen LogP contribution is 2.24. The van der Waals surface area contributed by atoms with Gasteiger partial charge in [0.25, 0.3) is 0 Å². The van der Waals surface area contributed by atoms with Crippen molar-refractivity contribution in [2.24, 2.45) is 0 Å². The van der Waals surface area contributed by atoms with Crippen LogP contribution >= 0.6 is 11.8 Å². The van der Waals surface area contributed by atoms with Crippen LogP contribution in [0.25, 0.3) is 0 Å². The van der Waals surface area contributed by atoms with E-state index in [2.05, 4.69) is 5.32 Å². The van der Waals surface area contributed by atoms with Crippen LogP contribution in [0.3, 0.4) is 0 Å². The van der Waals surface area contributed by atoms with E-state index in [9.17, 15) is 4.79 Å². The molecule has 1 aromatic carbocycles. The number of carbonyl (C=O) groups excluding carboxylic acids is 1. The van der Waals surface area contributed by atoms with E-state index in [1.165, 1.54) is 11.8 Å². The van der Waals surface area contributed by atoms with Gasteiger partial charge in [0.05, 0.1) is 11.4 Å². The Morgan fingerprint density at radius 1 is 1.53 bits per heavy atom. The second-order valence-electron chi connectivity index (χ2n) is 4.71. The van der Waals surface area contributed by atoms with Crippen LogP contribution in [0, 0.1) is 0 Å². The van der Waals surface area contributed by atoms with Crippen LogP contribution < -0.4 is 11.1 Å². The third-order valence-electron chi connectivity index (χ3n) is 3.09. The summed E-state index contributed by atoms with van der Waals surface area (Å²) in [6.07, 6.45) is 2.33. The molecule has 3 N–H and O–H groups in total. The Labute approximate surface area is 118 Å². The lowest BCUT2D eigenvalue weighted by Gasteiger charge is -2.14. The number of benzene rings is 1. The number of nitrogens with two attached hydrogens (primary N) is 1. The Kier molecular flexibility index (Phi) is 5.10. The first-order chi connectivity index (χ1) is 9.15. The molecule has 4 nitrogen and oxygen atoms in total. The summed E-state index contributed by atoms with van der Waals surface area (Å²) in [5.74, 6) is 0.0531. The zero-order valence-electron chi connectivity index (χ0n) is 11.1. The lowest BCUT2D eigenvalue weighted by molar-refractivity contribution is -0.120. The van der Waals surface area contributed by atoms with Gasteiger partial charge in [-0.3, -0.25) is 4.79 Å². The summed E-state index contributed by atoms with van der Waals surface area (Å²) in [7, 11) is 0. The van der Waals surface area contributed by atoms with Crippen molar-refractivity contribution in [1.29, 1.82) is 0 Å². The van der Waals surface area contributed by atoms with Gasteiger partial charge in [0.2, 0.25) is 5.91 Å². The van der Waals surface area contributed by atoms with Crippen LogP contribution in [0.1, 0.15) is 19.8 Å². The number of carbonyl (C=O) groups is 1. The fourth-order valence-corrected chi connectivity index (χ4v) is 2.86. The van der Waals surface area contributed by atoms with Gasteiger partial charge in [0, 0.05) is 23.7 Å². The largest absolute Gasteiger partial charge is 0.399 e. The average molecular weight is 280 g/mol. The molecule has 5 heteroatoms. The van der Waals surface area contributed by atoms with Crippen molar-refractivity contribution in [3.8, 4) is 0 Å². The van der Waals surface area contributed by atoms with E-state index in [1.54, 1.807) is 0 Å². The summed E-state index contributed by atoms with van der Waals surface area (Å²) in [6, 6.07) is 7.56. The molecule has 0 spiro atoms. The van der Waals surface area contributed by atoms with Crippen LogP contribution in [-0.4, -0.2) is 30.4 Å². The first kappa shape index (κ1) is 14.2. The van der Waals surface area contributed by atoms with Gasteiger partial charge in [-0.25, -0.2) is 0 Å². The first-order valence-electron chi connectivity index (χ1n) is 6.56. The number of anilines is 1. The molecule has 1 amide bonds. The highest BCUT2D eigenvalue weighted by Gasteiger charge is 2.19. The molecule has 2 rings (SSSR count). The lowest BCUT2D eigenvalue weighted by Crippen LogP contribution is -2.36. The summed E-state index contributed by atoms with van der Waals surface area (Å²) in [6.45, 7) is 3.34. The highest BCUT2D eigenvalue weighted by molar-refractivity contribution is 8.00. The van der Waals surface area contributed by atoms with Crippen molar-refractivity contribution in [3.63, 3.8) is 0 Å². The fourth-order valence-electron chi connectivity index (χ4n) is 1.97. The summed E-state index contributed by atoms with van der Waals surface area (Å²) in [5.41, 5.74) is 6.37. The van der Waals surface area contributed by atoms with E-state index in [1.807, 2.05) is 31.2 Å². The molecule has 0 aliphatic carbocycles. The summed E-state index contributed by atoms with van der Waals surface area (Å²) < 4.78 is 5.48. The van der Waals surface area contributed by atoms with E-state index in [4.69, 9.17) is 10.5 Å². The molecule has 1 aliphatic rings. The van der Waals surface area contributed by atoms with E-state index < -0.39 is 0 Å². The van der Waals surface area contributed by atoms with Crippen LogP contribution in [0.2, 0.25) is 0 Å². The Morgan fingerprint density at radius 2 is 2.26 bits per heavy atom. The smallest absolute Gasteiger partial charge is 0.233 e. The van der Waals surface area contributed by atoms with E-state index in [-0.39, 0.29) is 17.3 Å². The molecule has 19 heavy (non-hydrogen) atoms.